The van der Waals surface area contributed by atoms with Crippen LogP contribution in [-0.2, 0) is 25.3 Å². The van der Waals surface area contributed by atoms with Gasteiger partial charge in [0.2, 0.25) is 0 Å². The zero-order valence-electron chi connectivity index (χ0n) is 37.7. The van der Waals surface area contributed by atoms with Crippen molar-refractivity contribution in [2.75, 3.05) is 51.5 Å². The first-order valence-electron chi connectivity index (χ1n) is 23.2. The number of morpholine rings is 1. The second-order valence-electron chi connectivity index (χ2n) is 17.9. The highest BCUT2D eigenvalue weighted by atomic mass is 32.2. The Hall–Kier alpha value is -5.96. The zero-order valence-corrected chi connectivity index (χ0v) is 38.5. The smallest absolute Gasteiger partial charge is 0.330 e. The third-order valence-electron chi connectivity index (χ3n) is 14.9. The van der Waals surface area contributed by atoms with Gasteiger partial charge in [-0.25, -0.2) is 4.79 Å². The standard InChI is InChI=1S/C57H57NO6S/c1-5-51(59)63-36-35-62-42-23-19-40(20-24-42)57(39-17-21-41(22-18-39)58-31-33-61-34-32-58)26-25-45-53-52(44-15-11-12-16-48(44)56(53)29-27-55(6-2,7-3)28-30-56)46-38-50(65-43-13-9-8-10-14-43)49(60-4)37-47(46)54(45)64-57/h5,8-26,37-38H,1,6-7,27-36H2,2-4H3. The monoisotopic (exact) mass is 883 g/mol. The fourth-order valence-electron chi connectivity index (χ4n) is 11.1. The first-order valence-corrected chi connectivity index (χ1v) is 24.0. The molecule has 65 heavy (non-hydrogen) atoms. The van der Waals surface area contributed by atoms with Crippen LogP contribution in [0.15, 0.2) is 144 Å². The Morgan fingerprint density at radius 1 is 0.815 bits per heavy atom. The van der Waals surface area contributed by atoms with Crippen molar-refractivity contribution in [1.29, 1.82) is 0 Å². The van der Waals surface area contributed by atoms with Crippen molar-refractivity contribution >= 4 is 40.3 Å². The Bertz CT molecular complexity index is 2740. The summed E-state index contributed by atoms with van der Waals surface area (Å²) in [5.41, 5.74) is 9.00. The van der Waals surface area contributed by atoms with E-state index in [2.05, 4.69) is 141 Å². The molecule has 6 aromatic rings. The van der Waals surface area contributed by atoms with Gasteiger partial charge in [0.15, 0.2) is 5.60 Å². The van der Waals surface area contributed by atoms with Gasteiger partial charge < -0.3 is 28.6 Å². The van der Waals surface area contributed by atoms with Crippen LogP contribution in [0.4, 0.5) is 5.69 Å². The Morgan fingerprint density at radius 2 is 1.51 bits per heavy atom. The van der Waals surface area contributed by atoms with Crippen LogP contribution in [0.1, 0.15) is 80.2 Å². The van der Waals surface area contributed by atoms with E-state index in [1.165, 1.54) is 53.3 Å². The predicted octanol–water partition coefficient (Wildman–Crippen LogP) is 12.9. The molecule has 2 fully saturated rings. The van der Waals surface area contributed by atoms with E-state index in [1.807, 2.05) is 12.1 Å². The summed E-state index contributed by atoms with van der Waals surface area (Å²) in [7, 11) is 1.77. The van der Waals surface area contributed by atoms with Gasteiger partial charge >= 0.3 is 5.97 Å². The lowest BCUT2D eigenvalue weighted by Crippen LogP contribution is -2.38. The second kappa shape index (κ2) is 17.8. The molecule has 1 saturated carbocycles. The fourth-order valence-corrected chi connectivity index (χ4v) is 12.1. The Kier molecular flexibility index (Phi) is 11.8. The molecule has 0 bridgehead atoms. The summed E-state index contributed by atoms with van der Waals surface area (Å²) >= 11 is 1.74. The average molecular weight is 884 g/mol. The highest BCUT2D eigenvalue weighted by Crippen LogP contribution is 2.65. The summed E-state index contributed by atoms with van der Waals surface area (Å²) in [5, 5.41) is 2.21. The van der Waals surface area contributed by atoms with Gasteiger partial charge in [0.1, 0.15) is 30.5 Å². The molecule has 1 saturated heterocycles. The summed E-state index contributed by atoms with van der Waals surface area (Å²) < 4.78 is 31.0. The molecule has 2 aliphatic heterocycles. The van der Waals surface area contributed by atoms with Crippen LogP contribution >= 0.6 is 11.8 Å². The largest absolute Gasteiger partial charge is 0.496 e. The number of nitrogens with zero attached hydrogens (tertiary/aromatic N) is 1. The predicted molar refractivity (Wildman–Crippen MR) is 262 cm³/mol. The van der Waals surface area contributed by atoms with Crippen LogP contribution in [-0.4, -0.2) is 52.6 Å². The van der Waals surface area contributed by atoms with E-state index in [0.717, 1.165) is 94.3 Å². The number of carbonyl (C=O) groups excluding carboxylic acids is 1. The Balaban J connectivity index is 1.17. The maximum absolute atomic E-state index is 11.6. The van der Waals surface area contributed by atoms with Crippen LogP contribution < -0.4 is 19.1 Å². The maximum atomic E-state index is 11.6. The van der Waals surface area contributed by atoms with E-state index in [1.54, 1.807) is 18.9 Å². The molecule has 2 heterocycles. The molecular weight excluding hydrogens is 827 g/mol. The minimum atomic E-state index is -0.995. The molecule has 7 nitrogen and oxygen atoms in total. The number of hydrogen-bond donors (Lipinski definition) is 0. The van der Waals surface area contributed by atoms with Crippen molar-refractivity contribution < 1.29 is 28.5 Å². The van der Waals surface area contributed by atoms with Gasteiger partial charge in [-0.05, 0) is 113 Å². The molecule has 10 rings (SSSR count). The number of hydrogen-bond acceptors (Lipinski definition) is 8. The van der Waals surface area contributed by atoms with Gasteiger partial charge in [0.05, 0.1) is 25.2 Å². The van der Waals surface area contributed by atoms with Crippen LogP contribution in [0.2, 0.25) is 0 Å². The molecule has 6 aromatic carbocycles. The third kappa shape index (κ3) is 7.58. The van der Waals surface area contributed by atoms with Crippen molar-refractivity contribution in [3.8, 4) is 28.4 Å². The van der Waals surface area contributed by atoms with Gasteiger partial charge in [-0.15, -0.1) is 0 Å². The number of methoxy groups -OCH3 is 1. The Labute approximate surface area is 387 Å². The number of anilines is 1. The summed E-state index contributed by atoms with van der Waals surface area (Å²) in [6, 6.07) is 41.3. The fraction of sp³-hybridized carbons (Fsp3) is 0.316. The molecule has 8 heteroatoms. The van der Waals surface area contributed by atoms with E-state index in [0.29, 0.717) is 11.2 Å². The lowest BCUT2D eigenvalue weighted by molar-refractivity contribution is -0.138. The van der Waals surface area contributed by atoms with Crippen LogP contribution in [0.3, 0.4) is 0 Å². The average Bonchev–Trinajstić information content (AvgIpc) is 3.65. The van der Waals surface area contributed by atoms with E-state index < -0.39 is 11.6 Å². The van der Waals surface area contributed by atoms with Crippen molar-refractivity contribution in [3.63, 3.8) is 0 Å². The molecule has 0 radical (unpaired) electrons. The lowest BCUT2D eigenvalue weighted by Gasteiger charge is -2.47. The summed E-state index contributed by atoms with van der Waals surface area (Å²) in [6.45, 7) is 11.8. The van der Waals surface area contributed by atoms with Crippen LogP contribution in [0, 0.1) is 5.41 Å². The van der Waals surface area contributed by atoms with E-state index in [9.17, 15) is 4.79 Å². The van der Waals surface area contributed by atoms with Gasteiger partial charge in [-0.1, -0.05) is 118 Å². The number of carbonyl (C=O) groups is 1. The topological polar surface area (TPSA) is 66.5 Å². The van der Waals surface area contributed by atoms with Crippen LogP contribution in [0.25, 0.3) is 28.0 Å². The molecule has 4 aliphatic rings. The highest BCUT2D eigenvalue weighted by molar-refractivity contribution is 7.99. The molecule has 0 aromatic heterocycles. The SMILES string of the molecule is C=CC(=O)OCCOc1ccc(C2(c3ccc(N4CCOCC4)cc3)C=Cc3c4c(c5cc(Sc6ccccc6)c(OC)cc5c3O2)-c2ccccc2C42CCC(CC)(CC)CC2)cc1. The lowest BCUT2D eigenvalue weighted by atomic mass is 9.58. The normalized spacial score (nSPS) is 18.9. The van der Waals surface area contributed by atoms with Crippen molar-refractivity contribution in [1.82, 2.24) is 0 Å². The molecule has 1 atom stereocenters. The minimum Gasteiger partial charge on any atom is -0.496 e. The molecule has 0 N–H and O–H groups in total. The van der Waals surface area contributed by atoms with E-state index >= 15 is 0 Å². The van der Waals surface area contributed by atoms with Gasteiger partial charge in [0, 0.05) is 57.2 Å². The third-order valence-corrected chi connectivity index (χ3v) is 15.9. The number of benzene rings is 6. The summed E-state index contributed by atoms with van der Waals surface area (Å²) in [5.74, 6) is 1.88. The number of ether oxygens (including phenoxy) is 5. The molecule has 1 spiro atoms. The quantitative estimate of drug-likeness (QED) is 0.0646. The molecule has 2 aliphatic carbocycles. The first-order chi connectivity index (χ1) is 31.8. The highest BCUT2D eigenvalue weighted by Gasteiger charge is 2.51. The number of esters is 1. The minimum absolute atomic E-state index is 0.129. The van der Waals surface area contributed by atoms with E-state index in [-0.39, 0.29) is 18.6 Å². The van der Waals surface area contributed by atoms with Crippen molar-refractivity contribution in [2.24, 2.45) is 5.41 Å². The maximum Gasteiger partial charge on any atom is 0.330 e. The molecule has 0 amide bonds. The number of fused-ring (bicyclic) bond motifs is 10. The molecular formula is C57H57NO6S. The second-order valence-corrected chi connectivity index (χ2v) is 19.0. The Morgan fingerprint density at radius 3 is 2.20 bits per heavy atom. The van der Waals surface area contributed by atoms with Crippen LogP contribution in [0.5, 0.6) is 17.2 Å². The molecule has 332 valence electrons. The molecule has 1 unspecified atom stereocenters. The van der Waals surface area contributed by atoms with Gasteiger partial charge in [0.25, 0.3) is 0 Å². The van der Waals surface area contributed by atoms with Gasteiger partial charge in [-0.3, -0.25) is 0 Å². The van der Waals surface area contributed by atoms with Crippen molar-refractivity contribution in [2.45, 2.75) is 73.2 Å². The van der Waals surface area contributed by atoms with Crippen molar-refractivity contribution in [3.05, 3.63) is 162 Å². The number of rotatable bonds is 13. The zero-order chi connectivity index (χ0) is 44.6. The first kappa shape index (κ1) is 43.0. The summed E-state index contributed by atoms with van der Waals surface area (Å²) in [4.78, 5) is 16.3. The summed E-state index contributed by atoms with van der Waals surface area (Å²) in [6.07, 6.45) is 12.8. The van der Waals surface area contributed by atoms with Gasteiger partial charge in [-0.2, -0.15) is 0 Å². The van der Waals surface area contributed by atoms with E-state index in [4.69, 9.17) is 23.7 Å².